The maximum atomic E-state index is 13.2. The Morgan fingerprint density at radius 1 is 1.07 bits per heavy atom. The SMILES string of the molecule is CCC(C)NC(=O)C(C)N(Cc1ccc(OC)cc1)C(=O)Cc1c(Cl)cccc1Cl. The number of hydrogen-bond acceptors (Lipinski definition) is 3. The van der Waals surface area contributed by atoms with Crippen LogP contribution in [0.25, 0.3) is 0 Å². The highest BCUT2D eigenvalue weighted by Gasteiger charge is 2.27. The van der Waals surface area contributed by atoms with Crippen molar-refractivity contribution in [3.05, 3.63) is 63.6 Å². The van der Waals surface area contributed by atoms with Crippen LogP contribution in [0.15, 0.2) is 42.5 Å². The number of carbonyl (C=O) groups excluding carboxylic acids is 2. The molecule has 5 nitrogen and oxygen atoms in total. The van der Waals surface area contributed by atoms with Gasteiger partial charge in [-0.25, -0.2) is 0 Å². The summed E-state index contributed by atoms with van der Waals surface area (Å²) in [5.74, 6) is 0.297. The Kier molecular flexibility index (Phi) is 9.00. The third kappa shape index (κ3) is 6.38. The lowest BCUT2D eigenvalue weighted by Gasteiger charge is -2.30. The summed E-state index contributed by atoms with van der Waals surface area (Å²) >= 11 is 12.5. The molecule has 0 radical (unpaired) electrons. The van der Waals surface area contributed by atoms with Crippen LogP contribution in [0.4, 0.5) is 0 Å². The number of carbonyl (C=O) groups is 2. The largest absolute Gasteiger partial charge is 0.497 e. The highest BCUT2D eigenvalue weighted by Crippen LogP contribution is 2.26. The number of rotatable bonds is 9. The van der Waals surface area contributed by atoms with Crippen molar-refractivity contribution in [3.8, 4) is 5.75 Å². The summed E-state index contributed by atoms with van der Waals surface area (Å²) in [5.41, 5.74) is 1.44. The zero-order valence-corrected chi connectivity index (χ0v) is 19.3. The van der Waals surface area contributed by atoms with E-state index < -0.39 is 6.04 Å². The van der Waals surface area contributed by atoms with Crippen molar-refractivity contribution in [1.82, 2.24) is 10.2 Å². The van der Waals surface area contributed by atoms with E-state index in [0.717, 1.165) is 17.7 Å². The molecule has 0 heterocycles. The van der Waals surface area contributed by atoms with Crippen LogP contribution in [0.3, 0.4) is 0 Å². The Hall–Kier alpha value is -2.24. The molecule has 162 valence electrons. The second-order valence-corrected chi connectivity index (χ2v) is 8.05. The van der Waals surface area contributed by atoms with Gasteiger partial charge in [0, 0.05) is 22.6 Å². The molecule has 7 heteroatoms. The van der Waals surface area contributed by atoms with Crippen molar-refractivity contribution in [2.24, 2.45) is 0 Å². The Morgan fingerprint density at radius 3 is 2.20 bits per heavy atom. The summed E-state index contributed by atoms with van der Waals surface area (Å²) in [6.45, 7) is 5.94. The lowest BCUT2D eigenvalue weighted by atomic mass is 10.1. The van der Waals surface area contributed by atoms with E-state index in [9.17, 15) is 9.59 Å². The number of halogens is 2. The number of nitrogens with zero attached hydrogens (tertiary/aromatic N) is 1. The van der Waals surface area contributed by atoms with E-state index >= 15 is 0 Å². The Labute approximate surface area is 188 Å². The van der Waals surface area contributed by atoms with Crippen molar-refractivity contribution in [2.45, 2.75) is 52.2 Å². The summed E-state index contributed by atoms with van der Waals surface area (Å²) in [5, 5.41) is 3.81. The van der Waals surface area contributed by atoms with E-state index in [1.807, 2.05) is 38.1 Å². The minimum absolute atomic E-state index is 0.00954. The topological polar surface area (TPSA) is 58.6 Å². The van der Waals surface area contributed by atoms with Gasteiger partial charge in [0.25, 0.3) is 0 Å². The summed E-state index contributed by atoms with van der Waals surface area (Å²) in [7, 11) is 1.60. The highest BCUT2D eigenvalue weighted by atomic mass is 35.5. The number of ether oxygens (including phenoxy) is 1. The third-order valence-electron chi connectivity index (χ3n) is 5.07. The van der Waals surface area contributed by atoms with E-state index in [1.165, 1.54) is 0 Å². The average molecular weight is 451 g/mol. The molecule has 0 bridgehead atoms. The maximum Gasteiger partial charge on any atom is 0.242 e. The maximum absolute atomic E-state index is 13.2. The van der Waals surface area contributed by atoms with Crippen LogP contribution >= 0.6 is 23.2 Å². The molecule has 2 aromatic rings. The Morgan fingerprint density at radius 2 is 1.67 bits per heavy atom. The van der Waals surface area contributed by atoms with Gasteiger partial charge in [-0.05, 0) is 55.7 Å². The number of nitrogens with one attached hydrogen (secondary N) is 1. The van der Waals surface area contributed by atoms with Crippen molar-refractivity contribution in [3.63, 3.8) is 0 Å². The molecule has 0 fully saturated rings. The smallest absolute Gasteiger partial charge is 0.242 e. The van der Waals surface area contributed by atoms with Crippen LogP contribution in [0.2, 0.25) is 10.0 Å². The molecule has 2 amide bonds. The Bertz CT molecular complexity index is 851. The monoisotopic (exact) mass is 450 g/mol. The molecule has 0 aromatic heterocycles. The molecule has 2 atom stereocenters. The molecule has 0 aliphatic heterocycles. The predicted octanol–water partition coefficient (Wildman–Crippen LogP) is 4.88. The first-order valence-corrected chi connectivity index (χ1v) is 10.7. The minimum atomic E-state index is -0.658. The first kappa shape index (κ1) is 24.0. The molecule has 0 saturated carbocycles. The zero-order valence-electron chi connectivity index (χ0n) is 17.7. The van der Waals surface area contributed by atoms with Gasteiger partial charge in [-0.15, -0.1) is 0 Å². The number of hydrogen-bond donors (Lipinski definition) is 1. The molecule has 0 spiro atoms. The van der Waals surface area contributed by atoms with E-state index in [-0.39, 0.29) is 30.8 Å². The molecule has 0 aliphatic rings. The van der Waals surface area contributed by atoms with Gasteiger partial charge in [0.05, 0.1) is 13.5 Å². The first-order valence-electron chi connectivity index (χ1n) is 9.92. The summed E-state index contributed by atoms with van der Waals surface area (Å²) in [6.07, 6.45) is 0.815. The average Bonchev–Trinajstić information content (AvgIpc) is 2.74. The molecule has 0 aliphatic carbocycles. The fourth-order valence-corrected chi connectivity index (χ4v) is 3.46. The van der Waals surface area contributed by atoms with E-state index in [4.69, 9.17) is 27.9 Å². The predicted molar refractivity (Wildman–Crippen MR) is 121 cm³/mol. The van der Waals surface area contributed by atoms with Crippen LogP contribution in [-0.2, 0) is 22.6 Å². The molecule has 1 N–H and O–H groups in total. The fraction of sp³-hybridized carbons (Fsp3) is 0.391. The normalized spacial score (nSPS) is 12.7. The molecule has 2 aromatic carbocycles. The van der Waals surface area contributed by atoms with Crippen LogP contribution < -0.4 is 10.1 Å². The van der Waals surface area contributed by atoms with Crippen molar-refractivity contribution >= 4 is 35.0 Å². The number of amides is 2. The van der Waals surface area contributed by atoms with Gasteiger partial charge in [0.1, 0.15) is 11.8 Å². The summed E-state index contributed by atoms with van der Waals surface area (Å²) < 4.78 is 5.19. The fourth-order valence-electron chi connectivity index (χ4n) is 2.93. The highest BCUT2D eigenvalue weighted by molar-refractivity contribution is 6.36. The van der Waals surface area contributed by atoms with Crippen LogP contribution in [-0.4, -0.2) is 35.9 Å². The molecular formula is C23H28Cl2N2O3. The van der Waals surface area contributed by atoms with Gasteiger partial charge in [-0.2, -0.15) is 0 Å². The second-order valence-electron chi connectivity index (χ2n) is 7.24. The Balaban J connectivity index is 2.28. The van der Waals surface area contributed by atoms with Gasteiger partial charge < -0.3 is 15.0 Å². The van der Waals surface area contributed by atoms with Gasteiger partial charge in [-0.1, -0.05) is 48.3 Å². The molecule has 0 saturated heterocycles. The minimum Gasteiger partial charge on any atom is -0.497 e. The lowest BCUT2D eigenvalue weighted by Crippen LogP contribution is -2.49. The third-order valence-corrected chi connectivity index (χ3v) is 5.78. The lowest BCUT2D eigenvalue weighted by molar-refractivity contribution is -0.140. The van der Waals surface area contributed by atoms with Gasteiger partial charge in [-0.3, -0.25) is 9.59 Å². The summed E-state index contributed by atoms with van der Waals surface area (Å²) in [4.78, 5) is 27.6. The molecule has 2 unspecified atom stereocenters. The molecule has 2 rings (SSSR count). The van der Waals surface area contributed by atoms with Crippen LogP contribution in [0, 0.1) is 0 Å². The van der Waals surface area contributed by atoms with Gasteiger partial charge in [0.2, 0.25) is 11.8 Å². The van der Waals surface area contributed by atoms with Crippen molar-refractivity contribution < 1.29 is 14.3 Å². The molecule has 30 heavy (non-hydrogen) atoms. The number of benzene rings is 2. The zero-order chi connectivity index (χ0) is 22.3. The first-order chi connectivity index (χ1) is 14.3. The molecular weight excluding hydrogens is 423 g/mol. The van der Waals surface area contributed by atoms with E-state index in [1.54, 1.807) is 37.1 Å². The van der Waals surface area contributed by atoms with Crippen LogP contribution in [0.5, 0.6) is 5.75 Å². The van der Waals surface area contributed by atoms with E-state index in [0.29, 0.717) is 15.6 Å². The van der Waals surface area contributed by atoms with Crippen LogP contribution in [0.1, 0.15) is 38.3 Å². The van der Waals surface area contributed by atoms with Gasteiger partial charge in [0.15, 0.2) is 0 Å². The second kappa shape index (κ2) is 11.2. The van der Waals surface area contributed by atoms with Crippen molar-refractivity contribution in [2.75, 3.05) is 7.11 Å². The van der Waals surface area contributed by atoms with Gasteiger partial charge >= 0.3 is 0 Å². The standard InChI is InChI=1S/C23H28Cl2N2O3/c1-5-15(2)26-23(29)16(3)27(14-17-9-11-18(30-4)12-10-17)22(28)13-19-20(24)7-6-8-21(19)25/h6-12,15-16H,5,13-14H2,1-4H3,(H,26,29). The number of methoxy groups -OCH3 is 1. The van der Waals surface area contributed by atoms with E-state index in [2.05, 4.69) is 5.32 Å². The quantitative estimate of drug-likeness (QED) is 0.592. The van der Waals surface area contributed by atoms with Crippen molar-refractivity contribution in [1.29, 1.82) is 0 Å². The summed E-state index contributed by atoms with van der Waals surface area (Å²) in [6, 6.07) is 11.9.